The summed E-state index contributed by atoms with van der Waals surface area (Å²) >= 11 is 0. The summed E-state index contributed by atoms with van der Waals surface area (Å²) in [6.45, 7) is 5.17. The van der Waals surface area contributed by atoms with Gasteiger partial charge in [-0.25, -0.2) is 17.6 Å². The highest BCUT2D eigenvalue weighted by Gasteiger charge is 2.33. The topological polar surface area (TPSA) is 74.6 Å². The van der Waals surface area contributed by atoms with Crippen LogP contribution in [0.4, 0.5) is 4.39 Å². The third-order valence-corrected chi connectivity index (χ3v) is 9.20. The van der Waals surface area contributed by atoms with Crippen LogP contribution in [0.15, 0.2) is 96.0 Å². The van der Waals surface area contributed by atoms with Crippen LogP contribution in [0.1, 0.15) is 35.3 Å². The number of nitrogens with zero attached hydrogens (tertiary/aromatic N) is 1. The molecule has 5 aromatic rings. The van der Waals surface area contributed by atoms with E-state index in [2.05, 4.69) is 0 Å². The van der Waals surface area contributed by atoms with Crippen molar-refractivity contribution in [3.63, 3.8) is 0 Å². The lowest BCUT2D eigenvalue weighted by Crippen LogP contribution is -2.18. The number of halogens is 1. The molecule has 6 nitrogen and oxygen atoms in total. The summed E-state index contributed by atoms with van der Waals surface area (Å²) in [6.07, 6.45) is 0. The zero-order chi connectivity index (χ0) is 29.3. The van der Waals surface area contributed by atoms with Crippen molar-refractivity contribution in [1.29, 1.82) is 0 Å². The van der Waals surface area contributed by atoms with Crippen LogP contribution in [-0.2, 0) is 21.2 Å². The highest BCUT2D eigenvalue weighted by Crippen LogP contribution is 2.45. The molecular formula is C33H30FNO5S. The molecule has 0 N–H and O–H groups in total. The molecule has 0 unspecified atom stereocenters. The van der Waals surface area contributed by atoms with Gasteiger partial charge in [-0.3, -0.25) is 4.57 Å². The fourth-order valence-electron chi connectivity index (χ4n) is 4.82. The van der Waals surface area contributed by atoms with Crippen LogP contribution in [0.3, 0.4) is 0 Å². The van der Waals surface area contributed by atoms with Crippen molar-refractivity contribution in [1.82, 2.24) is 4.57 Å². The molecular weight excluding hydrogens is 541 g/mol. The van der Waals surface area contributed by atoms with Gasteiger partial charge >= 0.3 is 5.97 Å². The van der Waals surface area contributed by atoms with Crippen molar-refractivity contribution in [2.45, 2.75) is 37.7 Å². The van der Waals surface area contributed by atoms with E-state index in [1.807, 2.05) is 48.5 Å². The predicted octanol–water partition coefficient (Wildman–Crippen LogP) is 7.29. The van der Waals surface area contributed by atoms with Crippen LogP contribution in [0, 0.1) is 12.7 Å². The van der Waals surface area contributed by atoms with Crippen molar-refractivity contribution >= 4 is 26.7 Å². The van der Waals surface area contributed by atoms with Crippen LogP contribution < -0.4 is 4.74 Å². The van der Waals surface area contributed by atoms with Crippen molar-refractivity contribution < 1.29 is 27.1 Å². The molecule has 0 aliphatic heterocycles. The van der Waals surface area contributed by atoms with Crippen LogP contribution in [0.25, 0.3) is 27.7 Å². The number of carbonyl (C=O) groups excluding carboxylic acids is 1. The Labute approximate surface area is 238 Å². The first-order valence-electron chi connectivity index (χ1n) is 13.2. The van der Waals surface area contributed by atoms with Gasteiger partial charge in [-0.1, -0.05) is 48.5 Å². The molecule has 0 aliphatic carbocycles. The van der Waals surface area contributed by atoms with E-state index in [0.29, 0.717) is 44.6 Å². The van der Waals surface area contributed by atoms with Gasteiger partial charge in [0.2, 0.25) is 0 Å². The first-order chi connectivity index (χ1) is 19.6. The van der Waals surface area contributed by atoms with E-state index < -0.39 is 21.1 Å². The molecule has 0 saturated heterocycles. The minimum atomic E-state index is -3.91. The first-order valence-corrected chi connectivity index (χ1v) is 14.7. The number of hydrogen-bond donors (Lipinski definition) is 0. The number of benzene rings is 4. The molecule has 8 heteroatoms. The number of rotatable bonds is 8. The monoisotopic (exact) mass is 571 g/mol. The normalized spacial score (nSPS) is 11.7. The molecule has 0 fully saturated rings. The van der Waals surface area contributed by atoms with E-state index >= 15 is 0 Å². The van der Waals surface area contributed by atoms with Crippen molar-refractivity contribution in [3.8, 4) is 22.6 Å². The van der Waals surface area contributed by atoms with Crippen molar-refractivity contribution in [3.05, 3.63) is 114 Å². The number of methoxy groups -OCH3 is 1. The summed E-state index contributed by atoms with van der Waals surface area (Å²) in [4.78, 5) is 12.1. The Hall–Kier alpha value is -4.43. The summed E-state index contributed by atoms with van der Waals surface area (Å²) in [7, 11) is -2.61. The molecule has 41 heavy (non-hydrogen) atoms. The van der Waals surface area contributed by atoms with Gasteiger partial charge < -0.3 is 9.47 Å². The van der Waals surface area contributed by atoms with E-state index in [0.717, 1.165) is 5.56 Å². The Bertz CT molecular complexity index is 1840. The van der Waals surface area contributed by atoms with Crippen molar-refractivity contribution in [2.75, 3.05) is 7.11 Å². The second kappa shape index (κ2) is 11.2. The Kier molecular flexibility index (Phi) is 7.69. The lowest BCUT2D eigenvalue weighted by molar-refractivity contribution is 0.0600. The lowest BCUT2D eigenvalue weighted by Gasteiger charge is -2.16. The standard InChI is InChI=1S/C33H30FNO5S/c1-21(2)41(37,38)32-30(24-13-15-25(16-14-24)33(36)39-4)31-28(35(32)26-17-18-27(34)22(3)19-26)11-8-12-29(31)40-20-23-9-6-5-7-10-23/h5-19,21H,20H2,1-4H3. The molecule has 0 spiro atoms. The maximum absolute atomic E-state index is 14.3. The quantitative estimate of drug-likeness (QED) is 0.183. The number of esters is 1. The lowest BCUT2D eigenvalue weighted by atomic mass is 10.0. The van der Waals surface area contributed by atoms with Crippen LogP contribution in [-0.4, -0.2) is 31.3 Å². The molecule has 0 saturated carbocycles. The van der Waals surface area contributed by atoms with Gasteiger partial charge in [-0.2, -0.15) is 0 Å². The largest absolute Gasteiger partial charge is 0.488 e. The molecule has 0 aliphatic rings. The second-order valence-corrected chi connectivity index (χ2v) is 12.5. The second-order valence-electron chi connectivity index (χ2n) is 10.0. The summed E-state index contributed by atoms with van der Waals surface area (Å²) in [6, 6.07) is 26.3. The number of fused-ring (bicyclic) bond motifs is 1. The Morgan fingerprint density at radius 2 is 1.63 bits per heavy atom. The molecule has 4 aromatic carbocycles. The Morgan fingerprint density at radius 1 is 0.927 bits per heavy atom. The van der Waals surface area contributed by atoms with Crippen molar-refractivity contribution in [2.24, 2.45) is 0 Å². The number of aromatic nitrogens is 1. The van der Waals surface area contributed by atoms with E-state index in [1.54, 1.807) is 61.7 Å². The van der Waals surface area contributed by atoms with Gasteiger partial charge in [-0.15, -0.1) is 0 Å². The van der Waals surface area contributed by atoms with Gasteiger partial charge in [0, 0.05) is 11.3 Å². The molecule has 0 radical (unpaired) electrons. The number of carbonyl (C=O) groups is 1. The number of sulfone groups is 1. The molecule has 0 atom stereocenters. The summed E-state index contributed by atoms with van der Waals surface area (Å²) in [5.74, 6) is -0.386. The summed E-state index contributed by atoms with van der Waals surface area (Å²) in [5.41, 5.74) is 3.79. The van der Waals surface area contributed by atoms with Crippen LogP contribution >= 0.6 is 0 Å². The third kappa shape index (κ3) is 5.23. The SMILES string of the molecule is COC(=O)c1ccc(-c2c(S(=O)(=O)C(C)C)n(-c3ccc(F)c(C)c3)c3cccc(OCc4ccccc4)c23)cc1. The Morgan fingerprint density at radius 3 is 2.27 bits per heavy atom. The number of ether oxygens (including phenoxy) is 2. The zero-order valence-electron chi connectivity index (χ0n) is 23.2. The van der Waals surface area contributed by atoms with Gasteiger partial charge in [0.1, 0.15) is 23.2 Å². The molecule has 5 rings (SSSR count). The molecule has 0 amide bonds. The maximum Gasteiger partial charge on any atom is 0.337 e. The minimum absolute atomic E-state index is 0.0649. The molecule has 1 heterocycles. The van der Waals surface area contributed by atoms with Crippen LogP contribution in [0.5, 0.6) is 5.75 Å². The fraction of sp³-hybridized carbons (Fsp3) is 0.182. The highest BCUT2D eigenvalue weighted by molar-refractivity contribution is 7.92. The van der Waals surface area contributed by atoms with Gasteiger partial charge in [-0.05, 0) is 79.9 Å². The Balaban J connectivity index is 1.87. The average molecular weight is 572 g/mol. The molecule has 210 valence electrons. The highest BCUT2D eigenvalue weighted by atomic mass is 32.2. The van der Waals surface area contributed by atoms with Gasteiger partial charge in [0.15, 0.2) is 9.84 Å². The summed E-state index contributed by atoms with van der Waals surface area (Å²) in [5, 5.41) is -0.0978. The van der Waals surface area contributed by atoms with Gasteiger partial charge in [0.25, 0.3) is 0 Å². The van der Waals surface area contributed by atoms with E-state index in [-0.39, 0.29) is 17.5 Å². The fourth-order valence-corrected chi connectivity index (χ4v) is 6.23. The predicted molar refractivity (Wildman–Crippen MR) is 158 cm³/mol. The maximum atomic E-state index is 14.3. The smallest absolute Gasteiger partial charge is 0.337 e. The summed E-state index contributed by atoms with van der Waals surface area (Å²) < 4.78 is 55.5. The third-order valence-electron chi connectivity index (χ3n) is 7.03. The molecule has 0 bridgehead atoms. The van der Waals surface area contributed by atoms with E-state index in [9.17, 15) is 17.6 Å². The van der Waals surface area contributed by atoms with E-state index in [1.165, 1.54) is 13.2 Å². The van der Waals surface area contributed by atoms with E-state index in [4.69, 9.17) is 9.47 Å². The zero-order valence-corrected chi connectivity index (χ0v) is 24.0. The van der Waals surface area contributed by atoms with Crippen LogP contribution in [0.2, 0.25) is 0 Å². The number of hydrogen-bond acceptors (Lipinski definition) is 5. The van der Waals surface area contributed by atoms with Gasteiger partial charge in [0.05, 0.1) is 28.8 Å². The minimum Gasteiger partial charge on any atom is -0.488 e. The number of aryl methyl sites for hydroxylation is 1. The average Bonchev–Trinajstić information content (AvgIpc) is 3.34. The molecule has 1 aromatic heterocycles. The first kappa shape index (κ1) is 28.1.